The fourth-order valence-electron chi connectivity index (χ4n) is 1.71. The van der Waals surface area contributed by atoms with Crippen LogP contribution in [0, 0.1) is 0 Å². The average Bonchev–Trinajstić information content (AvgIpc) is 2.47. The lowest BCUT2D eigenvalue weighted by molar-refractivity contribution is -0.127. The number of anilines is 1. The lowest BCUT2D eigenvalue weighted by atomic mass is 10.1. The Morgan fingerprint density at radius 3 is 2.67 bits per heavy atom. The van der Waals surface area contributed by atoms with Crippen LogP contribution in [0.1, 0.15) is 32.8 Å². The molecule has 0 fully saturated rings. The molecule has 0 aliphatic rings. The van der Waals surface area contributed by atoms with Crippen molar-refractivity contribution in [3.05, 3.63) is 29.8 Å². The molecule has 5 heteroatoms. The van der Waals surface area contributed by atoms with E-state index in [1.807, 2.05) is 38.1 Å². The predicted molar refractivity (Wildman–Crippen MR) is 84.1 cm³/mol. The topological polar surface area (TPSA) is 73.6 Å². The van der Waals surface area contributed by atoms with Crippen LogP contribution >= 0.6 is 0 Å². The Hall–Kier alpha value is -1.43. The standard InChI is InChI=1S/C16H26N2O3/c1-12(21-10-9-16(2,3)20-4)15(19)18-14-8-6-5-7-13(14)11-17/h5-8,12H,9-11,17H2,1-4H3,(H,18,19). The van der Waals surface area contributed by atoms with Gasteiger partial charge in [-0.1, -0.05) is 18.2 Å². The van der Waals surface area contributed by atoms with Gasteiger partial charge in [0.25, 0.3) is 5.91 Å². The molecule has 0 radical (unpaired) electrons. The van der Waals surface area contributed by atoms with Crippen LogP contribution < -0.4 is 11.1 Å². The molecule has 1 unspecified atom stereocenters. The summed E-state index contributed by atoms with van der Waals surface area (Å²) in [5.41, 5.74) is 7.04. The van der Waals surface area contributed by atoms with Crippen molar-refractivity contribution in [1.29, 1.82) is 0 Å². The SMILES string of the molecule is COC(C)(C)CCOC(C)C(=O)Nc1ccccc1CN. The van der Waals surface area contributed by atoms with Gasteiger partial charge < -0.3 is 20.5 Å². The minimum absolute atomic E-state index is 0.175. The zero-order valence-corrected chi connectivity index (χ0v) is 13.3. The summed E-state index contributed by atoms with van der Waals surface area (Å²) in [5.74, 6) is -0.175. The summed E-state index contributed by atoms with van der Waals surface area (Å²) in [4.78, 5) is 12.1. The largest absolute Gasteiger partial charge is 0.379 e. The maximum absolute atomic E-state index is 12.1. The number of rotatable bonds is 8. The number of carbonyl (C=O) groups is 1. The number of methoxy groups -OCH3 is 1. The van der Waals surface area contributed by atoms with Crippen molar-refractivity contribution in [2.75, 3.05) is 19.0 Å². The fraction of sp³-hybridized carbons (Fsp3) is 0.562. The minimum atomic E-state index is -0.525. The van der Waals surface area contributed by atoms with Crippen LogP contribution in [0.3, 0.4) is 0 Å². The lowest BCUT2D eigenvalue weighted by Gasteiger charge is -2.23. The summed E-state index contributed by atoms with van der Waals surface area (Å²) in [6.45, 7) is 6.55. The third-order valence-electron chi connectivity index (χ3n) is 3.49. The van der Waals surface area contributed by atoms with E-state index in [-0.39, 0.29) is 11.5 Å². The molecule has 1 atom stereocenters. The number of nitrogens with two attached hydrogens (primary N) is 1. The van der Waals surface area contributed by atoms with E-state index < -0.39 is 6.10 Å². The van der Waals surface area contributed by atoms with Gasteiger partial charge in [0.15, 0.2) is 0 Å². The summed E-state index contributed by atoms with van der Waals surface area (Å²) >= 11 is 0. The van der Waals surface area contributed by atoms with Gasteiger partial charge in [0, 0.05) is 19.3 Å². The molecule has 0 bridgehead atoms. The first-order chi connectivity index (χ1) is 9.89. The van der Waals surface area contributed by atoms with Crippen LogP contribution in [0.15, 0.2) is 24.3 Å². The van der Waals surface area contributed by atoms with E-state index in [4.69, 9.17) is 15.2 Å². The van der Waals surface area contributed by atoms with Crippen molar-refractivity contribution in [2.45, 2.75) is 45.4 Å². The third-order valence-corrected chi connectivity index (χ3v) is 3.49. The molecule has 1 rings (SSSR count). The van der Waals surface area contributed by atoms with Gasteiger partial charge in [-0.05, 0) is 38.8 Å². The second kappa shape index (κ2) is 8.12. The van der Waals surface area contributed by atoms with E-state index in [9.17, 15) is 4.79 Å². The Balaban J connectivity index is 2.48. The summed E-state index contributed by atoms with van der Waals surface area (Å²) in [6.07, 6.45) is 0.198. The van der Waals surface area contributed by atoms with Gasteiger partial charge in [-0.2, -0.15) is 0 Å². The Morgan fingerprint density at radius 1 is 1.38 bits per heavy atom. The normalized spacial score (nSPS) is 13.0. The Labute approximate surface area is 126 Å². The van der Waals surface area contributed by atoms with E-state index in [1.54, 1.807) is 14.0 Å². The van der Waals surface area contributed by atoms with Gasteiger partial charge in [-0.15, -0.1) is 0 Å². The highest BCUT2D eigenvalue weighted by Crippen LogP contribution is 2.16. The number of nitrogens with one attached hydrogen (secondary N) is 1. The van der Waals surface area contributed by atoms with Crippen molar-refractivity contribution < 1.29 is 14.3 Å². The summed E-state index contributed by atoms with van der Waals surface area (Å²) in [5, 5.41) is 2.85. The molecule has 21 heavy (non-hydrogen) atoms. The van der Waals surface area contributed by atoms with Crippen molar-refractivity contribution in [1.82, 2.24) is 0 Å². The number of ether oxygens (including phenoxy) is 2. The summed E-state index contributed by atoms with van der Waals surface area (Å²) in [6, 6.07) is 7.48. The zero-order chi connectivity index (χ0) is 15.9. The highest BCUT2D eigenvalue weighted by Gasteiger charge is 2.19. The zero-order valence-electron chi connectivity index (χ0n) is 13.3. The van der Waals surface area contributed by atoms with Crippen molar-refractivity contribution >= 4 is 11.6 Å². The molecule has 1 aromatic rings. The second-order valence-electron chi connectivity index (χ2n) is 5.58. The van der Waals surface area contributed by atoms with Crippen molar-refractivity contribution in [3.63, 3.8) is 0 Å². The van der Waals surface area contributed by atoms with Crippen LogP contribution in [0.4, 0.5) is 5.69 Å². The van der Waals surface area contributed by atoms with E-state index in [1.165, 1.54) is 0 Å². The maximum atomic E-state index is 12.1. The Morgan fingerprint density at radius 2 is 2.05 bits per heavy atom. The predicted octanol–water partition coefficient (Wildman–Crippen LogP) is 2.30. The number of benzene rings is 1. The van der Waals surface area contributed by atoms with Gasteiger partial charge in [-0.25, -0.2) is 0 Å². The van der Waals surface area contributed by atoms with Gasteiger partial charge in [0.2, 0.25) is 0 Å². The van der Waals surface area contributed by atoms with Gasteiger partial charge in [0.05, 0.1) is 12.2 Å². The third kappa shape index (κ3) is 5.83. The van der Waals surface area contributed by atoms with Gasteiger partial charge in [0.1, 0.15) is 6.10 Å². The highest BCUT2D eigenvalue weighted by molar-refractivity contribution is 5.94. The fourth-order valence-corrected chi connectivity index (χ4v) is 1.71. The molecular weight excluding hydrogens is 268 g/mol. The number of carbonyl (C=O) groups excluding carboxylic acids is 1. The average molecular weight is 294 g/mol. The summed E-state index contributed by atoms with van der Waals surface area (Å²) < 4.78 is 10.9. The van der Waals surface area contributed by atoms with Crippen molar-refractivity contribution in [3.8, 4) is 0 Å². The first kappa shape index (κ1) is 17.6. The van der Waals surface area contributed by atoms with Gasteiger partial charge >= 0.3 is 0 Å². The molecule has 5 nitrogen and oxygen atoms in total. The van der Waals surface area contributed by atoms with E-state index >= 15 is 0 Å². The monoisotopic (exact) mass is 294 g/mol. The Bertz CT molecular complexity index is 461. The first-order valence-electron chi connectivity index (χ1n) is 7.15. The van der Waals surface area contributed by atoms with Crippen LogP contribution in [0.2, 0.25) is 0 Å². The van der Waals surface area contributed by atoms with Crippen LogP contribution in [-0.2, 0) is 20.8 Å². The molecule has 0 spiro atoms. The number of para-hydroxylation sites is 1. The highest BCUT2D eigenvalue weighted by atomic mass is 16.5. The molecule has 0 saturated heterocycles. The van der Waals surface area contributed by atoms with E-state index in [0.29, 0.717) is 13.2 Å². The van der Waals surface area contributed by atoms with Crippen LogP contribution in [-0.4, -0.2) is 31.3 Å². The molecule has 118 valence electrons. The minimum Gasteiger partial charge on any atom is -0.379 e. The maximum Gasteiger partial charge on any atom is 0.253 e. The van der Waals surface area contributed by atoms with Crippen molar-refractivity contribution in [2.24, 2.45) is 5.73 Å². The lowest BCUT2D eigenvalue weighted by Crippen LogP contribution is -2.31. The Kier molecular flexibility index (Phi) is 6.81. The molecule has 0 aromatic heterocycles. The molecule has 0 saturated carbocycles. The molecule has 3 N–H and O–H groups in total. The quantitative estimate of drug-likeness (QED) is 0.771. The smallest absolute Gasteiger partial charge is 0.253 e. The first-order valence-corrected chi connectivity index (χ1v) is 7.15. The van der Waals surface area contributed by atoms with E-state index in [2.05, 4.69) is 5.32 Å². The molecule has 0 heterocycles. The molecule has 0 aliphatic carbocycles. The number of hydrogen-bond acceptors (Lipinski definition) is 4. The van der Waals surface area contributed by atoms with E-state index in [0.717, 1.165) is 17.7 Å². The number of amides is 1. The number of hydrogen-bond donors (Lipinski definition) is 2. The summed E-state index contributed by atoms with van der Waals surface area (Å²) in [7, 11) is 1.67. The van der Waals surface area contributed by atoms with Gasteiger partial charge in [-0.3, -0.25) is 4.79 Å². The van der Waals surface area contributed by atoms with Crippen LogP contribution in [0.5, 0.6) is 0 Å². The molecule has 0 aliphatic heterocycles. The van der Waals surface area contributed by atoms with Crippen LogP contribution in [0.25, 0.3) is 0 Å². The molecule has 1 aromatic carbocycles. The molecule has 1 amide bonds. The molecular formula is C16H26N2O3. The second-order valence-corrected chi connectivity index (χ2v) is 5.58.